The lowest BCUT2D eigenvalue weighted by Crippen LogP contribution is -2.53. The number of Topliss-reactive ketones (excluding diaryl/α,β-unsaturated/α-hetero) is 2. The van der Waals surface area contributed by atoms with Crippen molar-refractivity contribution in [3.8, 4) is 0 Å². The molecule has 0 radical (unpaired) electrons. The Kier molecular flexibility index (Phi) is 4.95. The molecule has 4 aliphatic carbocycles. The van der Waals surface area contributed by atoms with Crippen molar-refractivity contribution in [3.05, 3.63) is 23.3 Å². The summed E-state index contributed by atoms with van der Waals surface area (Å²) in [6, 6.07) is 0. The fourth-order valence-corrected chi connectivity index (χ4v) is 7.95. The van der Waals surface area contributed by atoms with Gasteiger partial charge in [0.2, 0.25) is 0 Å². The summed E-state index contributed by atoms with van der Waals surface area (Å²) < 4.78 is 5.93. The second-order valence-electron chi connectivity index (χ2n) is 11.0. The summed E-state index contributed by atoms with van der Waals surface area (Å²) in [6.07, 6.45) is 3.87. The maximum Gasteiger partial charge on any atom is 0.302 e. The fraction of sp³-hybridized carbons (Fsp3) is 0.720. The predicted molar refractivity (Wildman–Crippen MR) is 114 cm³/mol. The number of aliphatic hydroxyl groups excluding tert-OH is 1. The van der Waals surface area contributed by atoms with E-state index >= 15 is 0 Å². The van der Waals surface area contributed by atoms with Gasteiger partial charge < -0.3 is 19.7 Å². The second kappa shape index (κ2) is 6.85. The quantitative estimate of drug-likeness (QED) is 0.525. The van der Waals surface area contributed by atoms with E-state index in [-0.39, 0.29) is 59.7 Å². The van der Waals surface area contributed by atoms with E-state index in [2.05, 4.69) is 13.8 Å². The minimum atomic E-state index is -1.59. The minimum Gasteiger partial charge on any atom is -0.462 e. The Morgan fingerprint density at radius 2 is 1.87 bits per heavy atom. The van der Waals surface area contributed by atoms with Crippen molar-refractivity contribution in [3.63, 3.8) is 0 Å². The molecule has 0 saturated heterocycles. The van der Waals surface area contributed by atoms with Gasteiger partial charge >= 0.3 is 5.97 Å². The number of carbonyl (C=O) groups excluding carboxylic acids is 3. The summed E-state index contributed by atoms with van der Waals surface area (Å²) in [5.74, 6) is -1.35. The Balaban J connectivity index is 1.91. The van der Waals surface area contributed by atoms with Crippen LogP contribution in [0.5, 0.6) is 0 Å². The van der Waals surface area contributed by atoms with Crippen LogP contribution in [0.15, 0.2) is 23.3 Å². The SMILES string of the molecule is CC(=O)C[C@@]12[C@H](OC(C)=O)[C@@H](C)C3[C@@H](C=C(CO)C[C@]4(O)C(=O)C(C)=C[C@@H]34)[C@@H]1C2(C)C. The van der Waals surface area contributed by atoms with Crippen molar-refractivity contribution in [2.75, 3.05) is 6.61 Å². The average molecular weight is 431 g/mol. The summed E-state index contributed by atoms with van der Waals surface area (Å²) >= 11 is 0. The van der Waals surface area contributed by atoms with Crippen molar-refractivity contribution < 1.29 is 29.3 Å². The molecule has 0 aromatic heterocycles. The number of carbonyl (C=O) groups is 3. The summed E-state index contributed by atoms with van der Waals surface area (Å²) in [4.78, 5) is 37.4. The lowest BCUT2D eigenvalue weighted by molar-refractivity contribution is -0.167. The number of hydrogen-bond donors (Lipinski definition) is 2. The van der Waals surface area contributed by atoms with Crippen LogP contribution in [0.25, 0.3) is 0 Å². The summed E-state index contributed by atoms with van der Waals surface area (Å²) in [6.45, 7) is 10.7. The standard InChI is InChI=1S/C25H34O6/c1-12-7-18-19-14(3)22(31-15(4)28)24(9-13(2)27)20(23(24,5)6)17(19)8-16(11-26)10-25(18,30)21(12)29/h7-8,14,17-20,22,26,30H,9-11H2,1-6H3/t14-,17+,18-,19?,20+,22+,24-,25+/m0/s1. The van der Waals surface area contributed by atoms with Gasteiger partial charge in [-0.05, 0) is 54.1 Å². The van der Waals surface area contributed by atoms with Crippen molar-refractivity contribution in [2.45, 2.75) is 66.1 Å². The molecular formula is C25H34O6. The zero-order valence-electron chi connectivity index (χ0n) is 19.3. The molecule has 8 atom stereocenters. The molecule has 2 fully saturated rings. The van der Waals surface area contributed by atoms with E-state index in [9.17, 15) is 24.6 Å². The molecule has 0 spiro atoms. The molecule has 4 rings (SSSR count). The number of allylic oxidation sites excluding steroid dienone is 1. The van der Waals surface area contributed by atoms with E-state index in [4.69, 9.17) is 4.74 Å². The Bertz CT molecular complexity index is 913. The van der Waals surface area contributed by atoms with E-state index in [1.54, 1.807) is 13.8 Å². The Morgan fingerprint density at radius 3 is 2.42 bits per heavy atom. The zero-order chi connectivity index (χ0) is 23.1. The van der Waals surface area contributed by atoms with Gasteiger partial charge in [-0.2, -0.15) is 0 Å². The van der Waals surface area contributed by atoms with Gasteiger partial charge in [-0.25, -0.2) is 0 Å². The molecule has 0 aliphatic heterocycles. The molecule has 31 heavy (non-hydrogen) atoms. The number of aliphatic hydroxyl groups is 2. The average Bonchev–Trinajstić information content (AvgIpc) is 3.11. The van der Waals surface area contributed by atoms with Crippen LogP contribution in [-0.2, 0) is 19.1 Å². The minimum absolute atomic E-state index is 0.0349. The van der Waals surface area contributed by atoms with Gasteiger partial charge in [0.05, 0.1) is 6.61 Å². The van der Waals surface area contributed by atoms with Crippen LogP contribution in [0.2, 0.25) is 0 Å². The van der Waals surface area contributed by atoms with Crippen molar-refractivity contribution in [2.24, 2.45) is 40.4 Å². The molecule has 2 saturated carbocycles. The van der Waals surface area contributed by atoms with Gasteiger partial charge in [-0.1, -0.05) is 32.9 Å². The largest absolute Gasteiger partial charge is 0.462 e. The topological polar surface area (TPSA) is 101 Å². The Hall–Kier alpha value is -1.79. The number of esters is 1. The van der Waals surface area contributed by atoms with Crippen LogP contribution in [0.4, 0.5) is 0 Å². The molecule has 0 aromatic rings. The summed E-state index contributed by atoms with van der Waals surface area (Å²) in [5.41, 5.74) is -1.15. The molecule has 0 amide bonds. The highest BCUT2D eigenvalue weighted by atomic mass is 16.5. The number of fused-ring (bicyclic) bond motifs is 5. The van der Waals surface area contributed by atoms with Gasteiger partial charge in [0.15, 0.2) is 5.78 Å². The Morgan fingerprint density at radius 1 is 1.23 bits per heavy atom. The number of ether oxygens (including phenoxy) is 1. The molecule has 6 heteroatoms. The lowest BCUT2D eigenvalue weighted by Gasteiger charge is -2.47. The van der Waals surface area contributed by atoms with Crippen molar-refractivity contribution >= 4 is 17.5 Å². The third-order valence-electron chi connectivity index (χ3n) is 8.98. The first kappa shape index (κ1) is 22.4. The van der Waals surface area contributed by atoms with E-state index in [0.29, 0.717) is 17.6 Å². The van der Waals surface area contributed by atoms with E-state index in [0.717, 1.165) is 0 Å². The molecule has 1 unspecified atom stereocenters. The van der Waals surface area contributed by atoms with Crippen LogP contribution in [-0.4, -0.2) is 46.1 Å². The summed E-state index contributed by atoms with van der Waals surface area (Å²) in [5, 5.41) is 21.6. The van der Waals surface area contributed by atoms with Gasteiger partial charge in [-0.3, -0.25) is 9.59 Å². The van der Waals surface area contributed by atoms with Crippen LogP contribution in [0.1, 0.15) is 54.4 Å². The van der Waals surface area contributed by atoms with Gasteiger partial charge in [0.25, 0.3) is 0 Å². The first-order chi connectivity index (χ1) is 14.3. The van der Waals surface area contributed by atoms with Crippen molar-refractivity contribution in [1.29, 1.82) is 0 Å². The maximum absolute atomic E-state index is 13.0. The highest BCUT2D eigenvalue weighted by Gasteiger charge is 2.81. The molecule has 0 aromatic carbocycles. The van der Waals surface area contributed by atoms with Crippen LogP contribution < -0.4 is 0 Å². The summed E-state index contributed by atoms with van der Waals surface area (Å²) in [7, 11) is 0. The maximum atomic E-state index is 13.0. The smallest absolute Gasteiger partial charge is 0.302 e. The number of rotatable bonds is 4. The third kappa shape index (κ3) is 2.80. The third-order valence-corrected chi connectivity index (χ3v) is 8.98. The highest BCUT2D eigenvalue weighted by molar-refractivity contribution is 6.04. The first-order valence-corrected chi connectivity index (χ1v) is 11.3. The fourth-order valence-electron chi connectivity index (χ4n) is 7.95. The molecular weight excluding hydrogens is 396 g/mol. The second-order valence-corrected chi connectivity index (χ2v) is 11.0. The molecule has 4 aliphatic rings. The van der Waals surface area contributed by atoms with Gasteiger partial charge in [0.1, 0.15) is 17.5 Å². The molecule has 0 bridgehead atoms. The molecule has 170 valence electrons. The van der Waals surface area contributed by atoms with Crippen LogP contribution in [0.3, 0.4) is 0 Å². The first-order valence-electron chi connectivity index (χ1n) is 11.3. The Labute approximate surface area is 183 Å². The monoisotopic (exact) mass is 430 g/mol. The normalized spacial score (nSPS) is 44.8. The van der Waals surface area contributed by atoms with Crippen molar-refractivity contribution in [1.82, 2.24) is 0 Å². The van der Waals surface area contributed by atoms with E-state index in [1.165, 1.54) is 6.92 Å². The molecule has 2 N–H and O–H groups in total. The number of ketones is 2. The predicted octanol–water partition coefficient (Wildman–Crippen LogP) is 2.62. The van der Waals surface area contributed by atoms with E-state index in [1.807, 2.05) is 19.1 Å². The van der Waals surface area contributed by atoms with Crippen LogP contribution >= 0.6 is 0 Å². The highest BCUT2D eigenvalue weighted by Crippen LogP contribution is 2.81. The zero-order valence-corrected chi connectivity index (χ0v) is 19.3. The number of hydrogen-bond acceptors (Lipinski definition) is 6. The van der Waals surface area contributed by atoms with Crippen LogP contribution in [0, 0.1) is 40.4 Å². The van der Waals surface area contributed by atoms with E-state index < -0.39 is 23.0 Å². The van der Waals surface area contributed by atoms with Gasteiger partial charge in [-0.15, -0.1) is 0 Å². The molecule has 0 heterocycles. The lowest BCUT2D eigenvalue weighted by atomic mass is 9.59. The molecule has 6 nitrogen and oxygen atoms in total. The van der Waals surface area contributed by atoms with Gasteiger partial charge in [0, 0.05) is 31.1 Å².